The van der Waals surface area contributed by atoms with Crippen LogP contribution in [0.3, 0.4) is 0 Å². The number of allylic oxidation sites excluding steroid dienone is 4. The monoisotopic (exact) mass is 563 g/mol. The quantitative estimate of drug-likeness (QED) is 0.423. The zero-order valence-electron chi connectivity index (χ0n) is 17.2. The topological polar surface area (TPSA) is 103 Å². The third-order valence-corrected chi connectivity index (χ3v) is 9.37. The summed E-state index contributed by atoms with van der Waals surface area (Å²) in [5, 5.41) is 8.81. The summed E-state index contributed by atoms with van der Waals surface area (Å²) in [5.74, 6) is -3.03. The molecule has 1 aliphatic heterocycles. The van der Waals surface area contributed by atoms with E-state index in [0.29, 0.717) is 5.57 Å². The summed E-state index contributed by atoms with van der Waals surface area (Å²) < 4.78 is 3.35. The van der Waals surface area contributed by atoms with E-state index in [0.717, 1.165) is 4.57 Å². The van der Waals surface area contributed by atoms with Crippen molar-refractivity contribution < 1.29 is 14.7 Å². The molecule has 1 fully saturated rings. The van der Waals surface area contributed by atoms with Gasteiger partial charge in [0.15, 0.2) is 11.6 Å². The Kier molecular flexibility index (Phi) is 5.25. The summed E-state index contributed by atoms with van der Waals surface area (Å²) in [6.45, 7) is 0.00166. The molecule has 8 nitrogen and oxygen atoms in total. The average molecular weight is 566 g/mol. The van der Waals surface area contributed by atoms with Gasteiger partial charge in [0.2, 0.25) is 0 Å². The first kappa shape index (κ1) is 23.8. The van der Waals surface area contributed by atoms with Crippen LogP contribution in [0, 0.1) is 0 Å². The number of ketones is 2. The van der Waals surface area contributed by atoms with Crippen LogP contribution < -0.4 is 11.4 Å². The third kappa shape index (κ3) is 2.74. The van der Waals surface area contributed by atoms with Crippen molar-refractivity contribution in [2.75, 3.05) is 0 Å². The highest BCUT2D eigenvalue weighted by Crippen LogP contribution is 2.64. The largest absolute Gasteiger partial charge is 0.508 e. The third-order valence-electron chi connectivity index (χ3n) is 6.79. The van der Waals surface area contributed by atoms with E-state index in [1.165, 1.54) is 34.6 Å². The molecule has 2 heterocycles. The van der Waals surface area contributed by atoms with Crippen molar-refractivity contribution in [2.24, 2.45) is 7.05 Å². The summed E-state index contributed by atoms with van der Waals surface area (Å²) in [7, 11) is 1.33. The summed E-state index contributed by atoms with van der Waals surface area (Å²) >= 11 is 32.7. The first-order chi connectivity index (χ1) is 15.9. The Hall–Kier alpha value is -1.97. The van der Waals surface area contributed by atoms with Crippen LogP contribution >= 0.6 is 58.0 Å². The number of halogens is 5. The van der Waals surface area contributed by atoms with Gasteiger partial charge < -0.3 is 5.11 Å². The van der Waals surface area contributed by atoms with E-state index >= 15 is 0 Å². The van der Waals surface area contributed by atoms with Gasteiger partial charge in [0.05, 0.1) is 12.6 Å². The van der Waals surface area contributed by atoms with Crippen LogP contribution in [0.25, 0.3) is 0 Å². The maximum Gasteiger partial charge on any atom is 0.347 e. The molecule has 0 saturated heterocycles. The number of hydrogen-bond acceptors (Lipinski definition) is 5. The highest BCUT2D eigenvalue weighted by atomic mass is 35.5. The number of carbonyl (C=O) groups excluding carboxylic acids is 2. The first-order valence-electron chi connectivity index (χ1n) is 9.95. The fourth-order valence-corrected chi connectivity index (χ4v) is 6.97. The van der Waals surface area contributed by atoms with E-state index in [-0.39, 0.29) is 29.3 Å². The Labute approximate surface area is 216 Å². The predicted molar refractivity (Wildman–Crippen MR) is 127 cm³/mol. The number of nitrogens with zero attached hydrogens (tertiary/aromatic N) is 3. The van der Waals surface area contributed by atoms with E-state index in [1.807, 2.05) is 0 Å². The number of carbonyl (C=O) groups is 2. The van der Waals surface area contributed by atoms with Crippen molar-refractivity contribution in [3.05, 3.63) is 71.5 Å². The number of aromatic nitrogens is 3. The van der Waals surface area contributed by atoms with E-state index in [1.54, 1.807) is 6.08 Å². The molecule has 13 heteroatoms. The van der Waals surface area contributed by atoms with Crippen LogP contribution in [0.15, 0.2) is 49.5 Å². The van der Waals surface area contributed by atoms with Gasteiger partial charge >= 0.3 is 11.4 Å². The number of hydrogen-bond donors (Lipinski definition) is 1. The molecule has 1 aromatic heterocycles. The van der Waals surface area contributed by atoms with Gasteiger partial charge in [0, 0.05) is 24.4 Å². The molecular formula is C21H14Cl5N3O5. The van der Waals surface area contributed by atoms with Crippen LogP contribution in [0.5, 0.6) is 5.75 Å². The van der Waals surface area contributed by atoms with Gasteiger partial charge in [0.25, 0.3) is 0 Å². The number of fused-ring (bicyclic) bond motifs is 4. The number of rotatable bonds is 1. The first-order valence-corrected chi connectivity index (χ1v) is 11.8. The fraction of sp³-hybridized carbons (Fsp3) is 0.333. The van der Waals surface area contributed by atoms with Gasteiger partial charge in [-0.15, -0.1) is 23.2 Å². The predicted octanol–water partition coefficient (Wildman–Crippen LogP) is 3.17. The molecule has 4 atom stereocenters. The molecular weight excluding hydrogens is 552 g/mol. The number of Topliss-reactive ketones (excluding diaryl/α,β-unsaturated/α-hetero) is 2. The smallest absolute Gasteiger partial charge is 0.347 e. The highest BCUT2D eigenvalue weighted by molar-refractivity contribution is 6.66. The molecule has 0 radical (unpaired) electrons. The summed E-state index contributed by atoms with van der Waals surface area (Å²) in [6, 6.07) is 3.12. The molecule has 0 amide bonds. The van der Waals surface area contributed by atoms with Crippen molar-refractivity contribution in [3.63, 3.8) is 0 Å². The second-order valence-electron chi connectivity index (χ2n) is 8.41. The summed E-state index contributed by atoms with van der Waals surface area (Å²) in [6.07, 6.45) is 1.34. The zero-order chi connectivity index (χ0) is 24.9. The lowest BCUT2D eigenvalue weighted by Gasteiger charge is -2.54. The Morgan fingerprint density at radius 1 is 1.00 bits per heavy atom. The Morgan fingerprint density at radius 2 is 1.65 bits per heavy atom. The molecule has 34 heavy (non-hydrogen) atoms. The molecule has 1 N–H and O–H groups in total. The minimum absolute atomic E-state index is 0.00166. The second-order valence-corrected chi connectivity index (χ2v) is 10.8. The SMILES string of the molecule is Cn1c(=O)n2n(c1=O)[C@@H]1C[C@@]3(Cl)C(=O)C(Cl)=C(Cl)C(=O)[C@@]3(Cl)[C@@H](c3ccc(O)cc3Cl)C1=CC2. The molecule has 2 aromatic rings. The lowest BCUT2D eigenvalue weighted by atomic mass is 9.59. The molecule has 0 bridgehead atoms. The Balaban J connectivity index is 1.87. The van der Waals surface area contributed by atoms with Crippen molar-refractivity contribution in [1.82, 2.24) is 13.9 Å². The minimum Gasteiger partial charge on any atom is -0.508 e. The molecule has 0 unspecified atom stereocenters. The van der Waals surface area contributed by atoms with Gasteiger partial charge in [-0.25, -0.2) is 23.5 Å². The molecule has 2 aliphatic carbocycles. The summed E-state index contributed by atoms with van der Waals surface area (Å²) in [5.41, 5.74) is -0.459. The maximum absolute atomic E-state index is 13.6. The van der Waals surface area contributed by atoms with Crippen LogP contribution in [0.2, 0.25) is 5.02 Å². The van der Waals surface area contributed by atoms with Crippen LogP contribution in [-0.4, -0.2) is 40.4 Å². The fourth-order valence-electron chi connectivity index (χ4n) is 5.17. The lowest BCUT2D eigenvalue weighted by Crippen LogP contribution is -2.67. The molecule has 5 rings (SSSR count). The van der Waals surface area contributed by atoms with Crippen molar-refractivity contribution >= 4 is 69.6 Å². The van der Waals surface area contributed by atoms with Crippen molar-refractivity contribution in [3.8, 4) is 5.75 Å². The number of phenols is 1. The molecule has 1 aromatic carbocycles. The minimum atomic E-state index is -2.16. The average Bonchev–Trinajstić information content (AvgIpc) is 3.02. The van der Waals surface area contributed by atoms with Gasteiger partial charge in [-0.3, -0.25) is 9.59 Å². The van der Waals surface area contributed by atoms with E-state index in [4.69, 9.17) is 58.0 Å². The highest BCUT2D eigenvalue weighted by Gasteiger charge is 2.71. The molecule has 3 aliphatic rings. The molecule has 178 valence electrons. The Bertz CT molecular complexity index is 1500. The van der Waals surface area contributed by atoms with E-state index in [2.05, 4.69) is 0 Å². The zero-order valence-corrected chi connectivity index (χ0v) is 21.0. The second kappa shape index (κ2) is 7.51. The summed E-state index contributed by atoms with van der Waals surface area (Å²) in [4.78, 5) is 48.2. The van der Waals surface area contributed by atoms with Gasteiger partial charge in [0.1, 0.15) is 25.6 Å². The van der Waals surface area contributed by atoms with Gasteiger partial charge in [-0.1, -0.05) is 46.9 Å². The molecule has 1 saturated carbocycles. The van der Waals surface area contributed by atoms with Crippen molar-refractivity contribution in [1.29, 1.82) is 0 Å². The molecule has 0 spiro atoms. The van der Waals surface area contributed by atoms with Crippen LogP contribution in [0.4, 0.5) is 0 Å². The normalized spacial score (nSPS) is 30.6. The van der Waals surface area contributed by atoms with E-state index in [9.17, 15) is 24.3 Å². The number of aromatic hydroxyl groups is 1. The van der Waals surface area contributed by atoms with Crippen LogP contribution in [-0.2, 0) is 23.2 Å². The Morgan fingerprint density at radius 3 is 2.29 bits per heavy atom. The lowest BCUT2D eigenvalue weighted by molar-refractivity contribution is -0.128. The van der Waals surface area contributed by atoms with Crippen LogP contribution in [0.1, 0.15) is 23.9 Å². The van der Waals surface area contributed by atoms with Gasteiger partial charge in [-0.2, -0.15) is 0 Å². The maximum atomic E-state index is 13.6. The van der Waals surface area contributed by atoms with Crippen molar-refractivity contribution in [2.45, 2.75) is 34.7 Å². The number of benzene rings is 1. The van der Waals surface area contributed by atoms with E-state index < -0.39 is 54.7 Å². The van der Waals surface area contributed by atoms with Gasteiger partial charge in [-0.05, 0) is 23.3 Å². The number of phenolic OH excluding ortho intramolecular Hbond substituents is 1. The standard InChI is InChI=1S/C21H14Cl5N3O5/c1-27-18(33)28-5-4-10-12(29(28)19(27)34)7-20(25)16(31)14(23)15(24)17(32)21(20,26)13(10)9-3-2-8(30)6-11(9)22/h2-4,6,12-13,30H,5,7H2,1H3/t12-,13+,20-,21+/m1/s1. The number of alkyl halides is 2.